The Labute approximate surface area is 121 Å². The van der Waals surface area contributed by atoms with Gasteiger partial charge in [-0.05, 0) is 40.3 Å². The average Bonchev–Trinajstić information content (AvgIpc) is 2.15. The molecule has 1 heterocycles. The number of amides is 1. The molecular formula is C12H16ClIN2O. The smallest absolute Gasteiger partial charge is 0.224 e. The van der Waals surface area contributed by atoms with E-state index in [9.17, 15) is 4.79 Å². The number of hydrogen-bond acceptors (Lipinski definition) is 2. The van der Waals surface area contributed by atoms with Gasteiger partial charge in [0.1, 0.15) is 0 Å². The Morgan fingerprint density at radius 2 is 2.24 bits per heavy atom. The first-order valence-corrected chi connectivity index (χ1v) is 6.54. The van der Waals surface area contributed by atoms with Crippen LogP contribution in [-0.2, 0) is 11.2 Å². The number of carbonyl (C=O) groups is 1. The van der Waals surface area contributed by atoms with Crippen molar-refractivity contribution in [1.29, 1.82) is 0 Å². The molecule has 0 aromatic heterocycles. The predicted octanol–water partition coefficient (Wildman–Crippen LogP) is 1.59. The molecule has 3 nitrogen and oxygen atoms in total. The van der Waals surface area contributed by atoms with Crippen molar-refractivity contribution < 1.29 is 4.79 Å². The highest BCUT2D eigenvalue weighted by atomic mass is 127. The summed E-state index contributed by atoms with van der Waals surface area (Å²) in [5.74, 6) is 0.744. The summed E-state index contributed by atoms with van der Waals surface area (Å²) in [7, 11) is 0. The molecule has 1 aromatic rings. The van der Waals surface area contributed by atoms with Gasteiger partial charge in [-0.3, -0.25) is 4.79 Å². The van der Waals surface area contributed by atoms with Crippen LogP contribution in [0.2, 0.25) is 0 Å². The summed E-state index contributed by atoms with van der Waals surface area (Å²) in [4.78, 5) is 11.6. The molecule has 1 aliphatic rings. The molecule has 0 bridgehead atoms. The lowest BCUT2D eigenvalue weighted by atomic mass is 10.0. The maximum Gasteiger partial charge on any atom is 0.224 e. The SMILES string of the molecule is Cl.O=C(Cc1cccc(I)c1)NCC1CNC1. The normalized spacial score (nSPS) is 14.6. The molecule has 94 valence electrons. The summed E-state index contributed by atoms with van der Waals surface area (Å²) in [6.07, 6.45) is 0.483. The Balaban J connectivity index is 0.00000144. The van der Waals surface area contributed by atoms with Crippen LogP contribution in [0.5, 0.6) is 0 Å². The Bertz CT molecular complexity index is 383. The molecule has 1 aliphatic heterocycles. The number of benzene rings is 1. The van der Waals surface area contributed by atoms with Crippen LogP contribution in [0.3, 0.4) is 0 Å². The van der Waals surface area contributed by atoms with Gasteiger partial charge in [0.25, 0.3) is 0 Å². The molecule has 1 amide bonds. The third kappa shape index (κ3) is 4.81. The van der Waals surface area contributed by atoms with E-state index < -0.39 is 0 Å². The Morgan fingerprint density at radius 1 is 1.47 bits per heavy atom. The summed E-state index contributed by atoms with van der Waals surface area (Å²) in [6.45, 7) is 2.86. The molecule has 1 aromatic carbocycles. The minimum absolute atomic E-state index is 0. The molecule has 2 rings (SSSR count). The standard InChI is InChI=1S/C12H15IN2O.ClH/c13-11-3-1-2-9(4-11)5-12(16)15-8-10-6-14-7-10;/h1-4,10,14H,5-8H2,(H,15,16);1H. The molecule has 0 unspecified atom stereocenters. The van der Waals surface area contributed by atoms with Crippen molar-refractivity contribution in [3.05, 3.63) is 33.4 Å². The number of hydrogen-bond donors (Lipinski definition) is 2. The van der Waals surface area contributed by atoms with Gasteiger partial charge in [-0.25, -0.2) is 0 Å². The maximum atomic E-state index is 11.6. The highest BCUT2D eigenvalue weighted by Crippen LogP contribution is 2.08. The van der Waals surface area contributed by atoms with E-state index in [1.807, 2.05) is 24.3 Å². The highest BCUT2D eigenvalue weighted by Gasteiger charge is 2.16. The lowest BCUT2D eigenvalue weighted by molar-refractivity contribution is -0.120. The van der Waals surface area contributed by atoms with Crippen molar-refractivity contribution in [2.45, 2.75) is 6.42 Å². The topological polar surface area (TPSA) is 41.1 Å². The van der Waals surface area contributed by atoms with Gasteiger partial charge in [-0.2, -0.15) is 0 Å². The van der Waals surface area contributed by atoms with Crippen LogP contribution in [0.1, 0.15) is 5.56 Å². The first-order valence-electron chi connectivity index (χ1n) is 5.46. The molecule has 2 N–H and O–H groups in total. The zero-order chi connectivity index (χ0) is 11.4. The Kier molecular flexibility index (Phi) is 6.22. The minimum Gasteiger partial charge on any atom is -0.355 e. The quantitative estimate of drug-likeness (QED) is 0.795. The fraction of sp³-hybridized carbons (Fsp3) is 0.417. The molecular weight excluding hydrogens is 351 g/mol. The zero-order valence-corrected chi connectivity index (χ0v) is 12.4. The van der Waals surface area contributed by atoms with E-state index in [0.717, 1.165) is 25.2 Å². The fourth-order valence-electron chi connectivity index (χ4n) is 1.65. The minimum atomic E-state index is 0. The van der Waals surface area contributed by atoms with Gasteiger partial charge < -0.3 is 10.6 Å². The third-order valence-electron chi connectivity index (χ3n) is 2.71. The molecule has 0 spiro atoms. The van der Waals surface area contributed by atoms with Gasteiger partial charge in [0.05, 0.1) is 6.42 Å². The van der Waals surface area contributed by atoms with Crippen LogP contribution in [-0.4, -0.2) is 25.5 Å². The molecule has 17 heavy (non-hydrogen) atoms. The van der Waals surface area contributed by atoms with E-state index >= 15 is 0 Å². The van der Waals surface area contributed by atoms with Gasteiger partial charge in [-0.15, -0.1) is 12.4 Å². The van der Waals surface area contributed by atoms with Gasteiger partial charge >= 0.3 is 0 Å². The van der Waals surface area contributed by atoms with Crippen LogP contribution in [0.4, 0.5) is 0 Å². The first kappa shape index (κ1) is 14.7. The molecule has 5 heteroatoms. The molecule has 1 fully saturated rings. The van der Waals surface area contributed by atoms with Crippen molar-refractivity contribution in [3.8, 4) is 0 Å². The predicted molar refractivity (Wildman–Crippen MR) is 79.5 cm³/mol. The van der Waals surface area contributed by atoms with Crippen LogP contribution < -0.4 is 10.6 Å². The van der Waals surface area contributed by atoms with Crippen LogP contribution in [0.25, 0.3) is 0 Å². The first-order chi connectivity index (χ1) is 7.74. The molecule has 0 atom stereocenters. The van der Waals surface area contributed by atoms with E-state index in [-0.39, 0.29) is 18.3 Å². The van der Waals surface area contributed by atoms with E-state index in [0.29, 0.717) is 12.3 Å². The van der Waals surface area contributed by atoms with Crippen LogP contribution >= 0.6 is 35.0 Å². The Hall–Kier alpha value is -0.330. The third-order valence-corrected chi connectivity index (χ3v) is 3.38. The molecule has 0 saturated carbocycles. The summed E-state index contributed by atoms with van der Waals surface area (Å²) >= 11 is 2.26. The second-order valence-electron chi connectivity index (χ2n) is 4.14. The number of rotatable bonds is 4. The molecule has 0 aliphatic carbocycles. The van der Waals surface area contributed by atoms with Gasteiger partial charge in [0.15, 0.2) is 0 Å². The second kappa shape index (κ2) is 7.18. The maximum absolute atomic E-state index is 11.6. The lowest BCUT2D eigenvalue weighted by Crippen LogP contribution is -2.48. The van der Waals surface area contributed by atoms with Crippen molar-refractivity contribution in [2.75, 3.05) is 19.6 Å². The van der Waals surface area contributed by atoms with Gasteiger partial charge in [-0.1, -0.05) is 12.1 Å². The monoisotopic (exact) mass is 366 g/mol. The number of carbonyl (C=O) groups excluding carboxylic acids is 1. The van der Waals surface area contributed by atoms with Crippen LogP contribution in [0.15, 0.2) is 24.3 Å². The summed E-state index contributed by atoms with van der Waals surface area (Å²) in [5, 5.41) is 6.16. The summed E-state index contributed by atoms with van der Waals surface area (Å²) in [6, 6.07) is 8.06. The van der Waals surface area contributed by atoms with Gasteiger partial charge in [0, 0.05) is 29.1 Å². The van der Waals surface area contributed by atoms with Crippen LogP contribution in [0, 0.1) is 9.49 Å². The highest BCUT2D eigenvalue weighted by molar-refractivity contribution is 14.1. The van der Waals surface area contributed by atoms with Crippen molar-refractivity contribution in [2.24, 2.45) is 5.92 Å². The van der Waals surface area contributed by atoms with E-state index in [1.165, 1.54) is 3.57 Å². The molecule has 0 radical (unpaired) electrons. The second-order valence-corrected chi connectivity index (χ2v) is 5.38. The van der Waals surface area contributed by atoms with E-state index in [4.69, 9.17) is 0 Å². The van der Waals surface area contributed by atoms with Crippen molar-refractivity contribution >= 4 is 40.9 Å². The van der Waals surface area contributed by atoms with E-state index in [2.05, 4.69) is 33.2 Å². The largest absolute Gasteiger partial charge is 0.355 e. The number of nitrogens with one attached hydrogen (secondary N) is 2. The Morgan fingerprint density at radius 3 is 2.82 bits per heavy atom. The lowest BCUT2D eigenvalue weighted by Gasteiger charge is -2.27. The van der Waals surface area contributed by atoms with Crippen molar-refractivity contribution in [3.63, 3.8) is 0 Å². The van der Waals surface area contributed by atoms with Gasteiger partial charge in [0.2, 0.25) is 5.91 Å². The summed E-state index contributed by atoms with van der Waals surface area (Å²) in [5.41, 5.74) is 1.08. The summed E-state index contributed by atoms with van der Waals surface area (Å²) < 4.78 is 1.17. The number of halogens is 2. The fourth-order valence-corrected chi connectivity index (χ4v) is 2.25. The molecule has 1 saturated heterocycles. The average molecular weight is 367 g/mol. The zero-order valence-electron chi connectivity index (χ0n) is 9.41. The van der Waals surface area contributed by atoms with Crippen molar-refractivity contribution in [1.82, 2.24) is 10.6 Å². The van der Waals surface area contributed by atoms with E-state index in [1.54, 1.807) is 0 Å².